The van der Waals surface area contributed by atoms with Gasteiger partial charge in [0.1, 0.15) is 11.8 Å². The quantitative estimate of drug-likeness (QED) is 0.0807. The van der Waals surface area contributed by atoms with Gasteiger partial charge < -0.3 is 25.0 Å². The maximum atomic E-state index is 14.0. The lowest BCUT2D eigenvalue weighted by atomic mass is 9.84. The van der Waals surface area contributed by atoms with Crippen LogP contribution in [-0.4, -0.2) is 42.4 Å². The molecule has 6 aromatic carbocycles. The summed E-state index contributed by atoms with van der Waals surface area (Å²) in [5, 5.41) is 22.6. The summed E-state index contributed by atoms with van der Waals surface area (Å²) in [6.07, 6.45) is -1.51. The number of aromatic hydroxyl groups is 1. The molecule has 11 heteroatoms. The molecule has 7 rings (SSSR count). The molecule has 0 aliphatic carbocycles. The third-order valence-corrected chi connectivity index (χ3v) is 12.5. The normalized spacial score (nSPS) is 18.8. The van der Waals surface area contributed by atoms with Gasteiger partial charge in [-0.05, 0) is 84.1 Å². The van der Waals surface area contributed by atoms with E-state index in [9.17, 15) is 23.4 Å². The van der Waals surface area contributed by atoms with Gasteiger partial charge in [0.2, 0.25) is 15.9 Å². The van der Waals surface area contributed by atoms with Crippen LogP contribution in [0.3, 0.4) is 0 Å². The van der Waals surface area contributed by atoms with E-state index < -0.39 is 34.4 Å². The predicted molar refractivity (Wildman–Crippen MR) is 222 cm³/mol. The number of phenols is 1. The maximum absolute atomic E-state index is 14.0. The molecule has 0 spiro atoms. The smallest absolute Gasteiger partial charge is 0.242 e. The second kappa shape index (κ2) is 18.3. The van der Waals surface area contributed by atoms with Crippen LogP contribution < -0.4 is 10.0 Å². The number of thioether (sulfide) groups is 1. The molecule has 57 heavy (non-hydrogen) atoms. The molecule has 4 N–H and O–H groups in total. The maximum Gasteiger partial charge on any atom is 0.242 e. The zero-order valence-corrected chi connectivity index (χ0v) is 32.9. The molecule has 0 bridgehead atoms. The number of ether oxygens (including phenoxy) is 2. The van der Waals surface area contributed by atoms with Crippen molar-refractivity contribution in [2.75, 3.05) is 11.1 Å². The monoisotopic (exact) mass is 800 g/mol. The fourth-order valence-electron chi connectivity index (χ4n) is 6.88. The van der Waals surface area contributed by atoms with E-state index in [2.05, 4.69) is 22.2 Å². The summed E-state index contributed by atoms with van der Waals surface area (Å²) in [5.41, 5.74) is 5.57. The molecule has 1 heterocycles. The molecule has 1 amide bonds. The average Bonchev–Trinajstić information content (AvgIpc) is 3.24. The van der Waals surface area contributed by atoms with Gasteiger partial charge in [0, 0.05) is 27.8 Å². The molecule has 1 aliphatic rings. The van der Waals surface area contributed by atoms with E-state index in [-0.39, 0.29) is 35.7 Å². The summed E-state index contributed by atoms with van der Waals surface area (Å²) in [6, 6.07) is 46.7. The van der Waals surface area contributed by atoms with Gasteiger partial charge in [0.15, 0.2) is 6.29 Å². The standard InChI is InChI=1S/C46H44N2O7S2/c1-31-15-25-40(26-16-31)57(52,53)48-41(27-32-9-4-2-5-10-32)45(51)47-37-14-8-13-36(28-37)46-54-42(30-56-39-23-21-38(50)22-24-39)43(34-11-6-3-7-12-34)44(55-46)35-19-17-33(29-49)18-20-35/h2-26,28,41-44,46,48-50H,27,29-30H2,1H3,(H,47,51). The van der Waals surface area contributed by atoms with Crippen molar-refractivity contribution < 1.29 is 32.9 Å². The number of hydrogen-bond acceptors (Lipinski definition) is 8. The molecule has 292 valence electrons. The molecule has 0 radical (unpaired) electrons. The first-order chi connectivity index (χ1) is 27.6. The van der Waals surface area contributed by atoms with Gasteiger partial charge in [-0.25, -0.2) is 8.42 Å². The van der Waals surface area contributed by atoms with Crippen molar-refractivity contribution in [1.29, 1.82) is 0 Å². The number of benzene rings is 6. The van der Waals surface area contributed by atoms with E-state index in [0.717, 1.165) is 32.7 Å². The van der Waals surface area contributed by atoms with Gasteiger partial charge in [-0.2, -0.15) is 4.72 Å². The van der Waals surface area contributed by atoms with Crippen LogP contribution in [-0.2, 0) is 37.3 Å². The number of aliphatic hydroxyl groups excluding tert-OH is 1. The number of aliphatic hydroxyl groups is 1. The average molecular weight is 801 g/mol. The van der Waals surface area contributed by atoms with Crippen molar-refractivity contribution in [2.45, 2.75) is 60.2 Å². The fourth-order valence-corrected chi connectivity index (χ4v) is 9.04. The number of carbonyl (C=O) groups excluding carboxylic acids is 1. The third-order valence-electron chi connectivity index (χ3n) is 9.88. The minimum Gasteiger partial charge on any atom is -0.508 e. The van der Waals surface area contributed by atoms with Crippen LogP contribution in [0.4, 0.5) is 5.69 Å². The van der Waals surface area contributed by atoms with E-state index in [1.54, 1.807) is 54.2 Å². The van der Waals surface area contributed by atoms with Gasteiger partial charge in [-0.15, -0.1) is 11.8 Å². The summed E-state index contributed by atoms with van der Waals surface area (Å²) < 4.78 is 43.4. The van der Waals surface area contributed by atoms with Crippen LogP contribution in [0.1, 0.15) is 51.7 Å². The van der Waals surface area contributed by atoms with Crippen LogP contribution >= 0.6 is 11.8 Å². The van der Waals surface area contributed by atoms with Crippen LogP contribution in [0, 0.1) is 6.92 Å². The van der Waals surface area contributed by atoms with Crippen LogP contribution in [0.5, 0.6) is 5.75 Å². The van der Waals surface area contributed by atoms with Gasteiger partial charge in [0.25, 0.3) is 0 Å². The molecular formula is C46H44N2O7S2. The Morgan fingerprint density at radius 2 is 1.40 bits per heavy atom. The van der Waals surface area contributed by atoms with Crippen molar-refractivity contribution in [2.24, 2.45) is 0 Å². The van der Waals surface area contributed by atoms with E-state index in [1.165, 1.54) is 12.1 Å². The highest BCUT2D eigenvalue weighted by atomic mass is 32.2. The van der Waals surface area contributed by atoms with Crippen LogP contribution in [0.15, 0.2) is 168 Å². The Morgan fingerprint density at radius 3 is 2.09 bits per heavy atom. The Labute approximate surface area is 337 Å². The van der Waals surface area contributed by atoms with Crippen molar-refractivity contribution in [3.8, 4) is 5.75 Å². The Kier molecular flexibility index (Phi) is 12.8. The lowest BCUT2D eigenvalue weighted by Crippen LogP contribution is -2.45. The first-order valence-corrected chi connectivity index (χ1v) is 21.1. The minimum absolute atomic E-state index is 0.0695. The molecule has 9 nitrogen and oxygen atoms in total. The number of phenolic OH excluding ortho intramolecular Hbond substituents is 1. The van der Waals surface area contributed by atoms with E-state index in [4.69, 9.17) is 9.47 Å². The summed E-state index contributed by atoms with van der Waals surface area (Å²) in [7, 11) is -4.04. The fraction of sp³-hybridized carbons (Fsp3) is 0.196. The highest BCUT2D eigenvalue weighted by Crippen LogP contribution is 2.48. The summed E-state index contributed by atoms with van der Waals surface area (Å²) in [4.78, 5) is 15.1. The van der Waals surface area contributed by atoms with Gasteiger partial charge in [-0.3, -0.25) is 4.79 Å². The number of aryl methyl sites for hydroxylation is 1. The molecule has 1 fully saturated rings. The third kappa shape index (κ3) is 10.2. The highest BCUT2D eigenvalue weighted by molar-refractivity contribution is 7.99. The largest absolute Gasteiger partial charge is 0.508 e. The first kappa shape index (κ1) is 39.9. The molecule has 1 aliphatic heterocycles. The SMILES string of the molecule is Cc1ccc(S(=O)(=O)NC(Cc2ccccc2)C(=O)Nc2cccc(C3OC(CSc4ccc(O)cc4)C(c4ccccc4)C(c4ccc(CO)cc4)O3)c2)cc1. The zero-order valence-electron chi connectivity index (χ0n) is 31.3. The number of rotatable bonds is 14. The molecule has 1 saturated heterocycles. The summed E-state index contributed by atoms with van der Waals surface area (Å²) >= 11 is 1.62. The zero-order chi connectivity index (χ0) is 39.8. The summed E-state index contributed by atoms with van der Waals surface area (Å²) in [6.45, 7) is 1.80. The Morgan fingerprint density at radius 1 is 0.737 bits per heavy atom. The second-order valence-corrected chi connectivity index (χ2v) is 16.8. The second-order valence-electron chi connectivity index (χ2n) is 14.0. The highest BCUT2D eigenvalue weighted by Gasteiger charge is 2.42. The number of anilines is 1. The van der Waals surface area contributed by atoms with Crippen LogP contribution in [0.25, 0.3) is 0 Å². The minimum atomic E-state index is -4.04. The van der Waals surface area contributed by atoms with Crippen molar-refractivity contribution in [3.63, 3.8) is 0 Å². The van der Waals surface area contributed by atoms with E-state index in [1.807, 2.05) is 97.9 Å². The van der Waals surface area contributed by atoms with Crippen LogP contribution in [0.2, 0.25) is 0 Å². The summed E-state index contributed by atoms with van der Waals surface area (Å²) in [5.74, 6) is 0.0209. The lowest BCUT2D eigenvalue weighted by molar-refractivity contribution is -0.255. The van der Waals surface area contributed by atoms with Crippen molar-refractivity contribution in [3.05, 3.63) is 191 Å². The molecule has 6 aromatic rings. The molecular weight excluding hydrogens is 757 g/mol. The Balaban J connectivity index is 1.18. The van der Waals surface area contributed by atoms with E-state index >= 15 is 0 Å². The Bertz CT molecular complexity index is 2340. The lowest BCUT2D eigenvalue weighted by Gasteiger charge is -2.43. The molecule has 0 aromatic heterocycles. The first-order valence-electron chi connectivity index (χ1n) is 18.7. The van der Waals surface area contributed by atoms with Gasteiger partial charge in [-0.1, -0.05) is 115 Å². The number of nitrogens with one attached hydrogen (secondary N) is 2. The van der Waals surface area contributed by atoms with Crippen molar-refractivity contribution in [1.82, 2.24) is 4.72 Å². The number of sulfonamides is 1. The number of carbonyl (C=O) groups is 1. The van der Waals surface area contributed by atoms with Gasteiger partial charge >= 0.3 is 0 Å². The molecule has 5 atom stereocenters. The van der Waals surface area contributed by atoms with Gasteiger partial charge in [0.05, 0.1) is 23.7 Å². The van der Waals surface area contributed by atoms with Crippen molar-refractivity contribution >= 4 is 33.4 Å². The molecule has 0 saturated carbocycles. The predicted octanol–water partition coefficient (Wildman–Crippen LogP) is 8.45. The number of amides is 1. The van der Waals surface area contributed by atoms with E-state index in [0.29, 0.717) is 17.0 Å². The topological polar surface area (TPSA) is 134 Å². The Hall–Kier alpha value is -5.27. The number of hydrogen-bond donors (Lipinski definition) is 4. The molecule has 5 unspecified atom stereocenters.